The van der Waals surface area contributed by atoms with Crippen LogP contribution in [0, 0.1) is 20.8 Å². The number of nitrogens with zero attached hydrogens (tertiary/aromatic N) is 2. The van der Waals surface area contributed by atoms with Gasteiger partial charge in [-0.25, -0.2) is 4.98 Å². The van der Waals surface area contributed by atoms with Crippen molar-refractivity contribution < 1.29 is 4.57 Å². The van der Waals surface area contributed by atoms with Crippen LogP contribution in [0.15, 0.2) is 54.7 Å². The Morgan fingerprint density at radius 3 is 2.23 bits per heavy atom. The largest absolute Gasteiger partial charge is 0.245 e. The minimum atomic E-state index is 1.04. The summed E-state index contributed by atoms with van der Waals surface area (Å²) in [5.41, 5.74) is 8.31. The van der Waals surface area contributed by atoms with Crippen LogP contribution < -0.4 is 4.57 Å². The Morgan fingerprint density at radius 1 is 0.864 bits per heavy atom. The molecule has 0 aliphatic carbocycles. The Labute approximate surface area is 132 Å². The second-order valence-corrected chi connectivity index (χ2v) is 5.82. The van der Waals surface area contributed by atoms with E-state index in [9.17, 15) is 0 Å². The fourth-order valence-corrected chi connectivity index (χ4v) is 3.07. The summed E-state index contributed by atoms with van der Waals surface area (Å²) in [6.07, 6.45) is 2.08. The molecule has 2 heteroatoms. The van der Waals surface area contributed by atoms with Gasteiger partial charge in [0.15, 0.2) is 6.20 Å². The highest BCUT2D eigenvalue weighted by Crippen LogP contribution is 2.28. The van der Waals surface area contributed by atoms with Crippen LogP contribution in [0.4, 0.5) is 0 Å². The molecule has 110 valence electrons. The topological polar surface area (TPSA) is 16.8 Å². The van der Waals surface area contributed by atoms with E-state index in [1.54, 1.807) is 0 Å². The number of rotatable bonds is 2. The zero-order valence-electron chi connectivity index (χ0n) is 13.6. The van der Waals surface area contributed by atoms with Crippen LogP contribution in [0.2, 0.25) is 0 Å². The smallest absolute Gasteiger partial charge is 0.233 e. The second kappa shape index (κ2) is 5.72. The van der Waals surface area contributed by atoms with Gasteiger partial charge >= 0.3 is 0 Å². The molecule has 3 rings (SSSR count). The first-order valence-electron chi connectivity index (χ1n) is 7.56. The number of aromatic nitrogens is 2. The van der Waals surface area contributed by atoms with Gasteiger partial charge < -0.3 is 0 Å². The van der Waals surface area contributed by atoms with Crippen molar-refractivity contribution in [2.75, 3.05) is 0 Å². The molecule has 0 aliphatic rings. The average Bonchev–Trinajstić information content (AvgIpc) is 2.49. The molecule has 0 radical (unpaired) electrons. The van der Waals surface area contributed by atoms with Crippen molar-refractivity contribution in [1.82, 2.24) is 4.98 Å². The first kappa shape index (κ1) is 14.5. The molecule has 0 saturated carbocycles. The molecule has 22 heavy (non-hydrogen) atoms. The molecule has 2 nitrogen and oxygen atoms in total. The van der Waals surface area contributed by atoms with Gasteiger partial charge in [-0.15, -0.1) is 0 Å². The molecular weight excluding hydrogens is 268 g/mol. The normalized spacial score (nSPS) is 10.7. The molecule has 1 heterocycles. The Balaban J connectivity index is 2.11. The summed E-state index contributed by atoms with van der Waals surface area (Å²) in [7, 11) is 2.08. The molecular formula is C20H21N2+. The molecule has 0 unspecified atom stereocenters. The second-order valence-electron chi connectivity index (χ2n) is 5.82. The Hall–Kier alpha value is -2.48. The molecule has 0 bridgehead atoms. The van der Waals surface area contributed by atoms with Crippen molar-refractivity contribution >= 4 is 0 Å². The van der Waals surface area contributed by atoms with E-state index in [2.05, 4.69) is 79.1 Å². The maximum absolute atomic E-state index is 4.61. The summed E-state index contributed by atoms with van der Waals surface area (Å²) in [6.45, 7) is 6.27. The van der Waals surface area contributed by atoms with Crippen molar-refractivity contribution in [3.63, 3.8) is 0 Å². The van der Waals surface area contributed by atoms with Crippen molar-refractivity contribution in [2.45, 2.75) is 20.8 Å². The lowest BCUT2D eigenvalue weighted by Gasteiger charge is -2.10. The first-order valence-corrected chi connectivity index (χ1v) is 7.56. The van der Waals surface area contributed by atoms with Crippen molar-refractivity contribution in [1.29, 1.82) is 0 Å². The van der Waals surface area contributed by atoms with Crippen LogP contribution in [0.25, 0.3) is 22.4 Å². The van der Waals surface area contributed by atoms with E-state index in [1.807, 2.05) is 13.0 Å². The fraction of sp³-hybridized carbons (Fsp3) is 0.200. The summed E-state index contributed by atoms with van der Waals surface area (Å²) >= 11 is 0. The van der Waals surface area contributed by atoms with E-state index in [1.165, 1.54) is 27.9 Å². The molecule has 2 aromatic carbocycles. The molecule has 0 fully saturated rings. The van der Waals surface area contributed by atoms with Crippen LogP contribution in [0.1, 0.15) is 17.0 Å². The quantitative estimate of drug-likeness (QED) is 0.647. The number of hydrogen-bond acceptors (Lipinski definition) is 1. The first-order chi connectivity index (χ1) is 10.6. The lowest BCUT2D eigenvalue weighted by Crippen LogP contribution is -2.33. The third kappa shape index (κ3) is 2.64. The SMILES string of the molecule is Cc1c[n+](C)c(-c2ccc(-c3ccccc3)cc2C)c(C)n1. The lowest BCUT2D eigenvalue weighted by molar-refractivity contribution is -0.661. The van der Waals surface area contributed by atoms with E-state index in [0.29, 0.717) is 0 Å². The number of benzene rings is 2. The van der Waals surface area contributed by atoms with Gasteiger partial charge in [0, 0.05) is 0 Å². The van der Waals surface area contributed by atoms with E-state index < -0.39 is 0 Å². The zero-order valence-corrected chi connectivity index (χ0v) is 13.6. The monoisotopic (exact) mass is 289 g/mol. The van der Waals surface area contributed by atoms with Gasteiger partial charge in [0.2, 0.25) is 5.69 Å². The van der Waals surface area contributed by atoms with E-state index in [4.69, 9.17) is 0 Å². The lowest BCUT2D eigenvalue weighted by atomic mass is 9.97. The minimum absolute atomic E-state index is 1.04. The molecule has 1 aromatic heterocycles. The van der Waals surface area contributed by atoms with Gasteiger partial charge in [-0.2, -0.15) is 4.57 Å². The molecule has 0 N–H and O–H groups in total. The van der Waals surface area contributed by atoms with E-state index in [-0.39, 0.29) is 0 Å². The van der Waals surface area contributed by atoms with Crippen LogP contribution in [0.5, 0.6) is 0 Å². The van der Waals surface area contributed by atoms with Gasteiger partial charge in [-0.05, 0) is 43.5 Å². The van der Waals surface area contributed by atoms with Gasteiger partial charge in [-0.3, -0.25) is 0 Å². The molecule has 3 aromatic rings. The van der Waals surface area contributed by atoms with Gasteiger partial charge in [0.1, 0.15) is 18.4 Å². The van der Waals surface area contributed by atoms with Crippen molar-refractivity contribution in [2.24, 2.45) is 7.05 Å². The Bertz CT molecular complexity index is 797. The summed E-state index contributed by atoms with van der Waals surface area (Å²) in [4.78, 5) is 4.61. The predicted molar refractivity (Wildman–Crippen MR) is 90.5 cm³/mol. The van der Waals surface area contributed by atoms with Crippen molar-refractivity contribution in [3.8, 4) is 22.4 Å². The van der Waals surface area contributed by atoms with Crippen LogP contribution in [-0.4, -0.2) is 4.98 Å². The Kier molecular flexibility index (Phi) is 3.76. The maximum Gasteiger partial charge on any atom is 0.233 e. The van der Waals surface area contributed by atoms with E-state index in [0.717, 1.165) is 11.4 Å². The Morgan fingerprint density at radius 2 is 1.59 bits per heavy atom. The highest BCUT2D eigenvalue weighted by atomic mass is 15.0. The van der Waals surface area contributed by atoms with Gasteiger partial charge in [0.25, 0.3) is 0 Å². The summed E-state index contributed by atoms with van der Waals surface area (Å²) in [5, 5.41) is 0. The highest BCUT2D eigenvalue weighted by molar-refractivity contribution is 5.71. The standard InChI is InChI=1S/C20H21N2/c1-14-12-18(17-8-6-5-7-9-17)10-11-19(14)20-16(3)21-15(2)13-22(20)4/h5-13H,1-4H3/q+1. The molecule has 0 aliphatic heterocycles. The molecule has 0 spiro atoms. The minimum Gasteiger partial charge on any atom is -0.245 e. The average molecular weight is 289 g/mol. The fourth-order valence-electron chi connectivity index (χ4n) is 3.07. The number of hydrogen-bond donors (Lipinski definition) is 0. The third-order valence-electron chi connectivity index (χ3n) is 4.01. The van der Waals surface area contributed by atoms with Crippen LogP contribution >= 0.6 is 0 Å². The van der Waals surface area contributed by atoms with Gasteiger partial charge in [-0.1, -0.05) is 42.5 Å². The summed E-state index contributed by atoms with van der Waals surface area (Å²) < 4.78 is 2.17. The molecule has 0 saturated heterocycles. The maximum atomic E-state index is 4.61. The van der Waals surface area contributed by atoms with Crippen LogP contribution in [-0.2, 0) is 7.05 Å². The van der Waals surface area contributed by atoms with Crippen LogP contribution in [0.3, 0.4) is 0 Å². The van der Waals surface area contributed by atoms with Gasteiger partial charge in [0.05, 0.1) is 5.56 Å². The highest BCUT2D eigenvalue weighted by Gasteiger charge is 2.17. The summed E-state index contributed by atoms with van der Waals surface area (Å²) in [5.74, 6) is 0. The van der Waals surface area contributed by atoms with Crippen molar-refractivity contribution in [3.05, 3.63) is 71.7 Å². The molecule has 0 atom stereocenters. The predicted octanol–water partition coefficient (Wildman–Crippen LogP) is 4.17. The number of aryl methyl sites for hydroxylation is 4. The summed E-state index contributed by atoms with van der Waals surface area (Å²) in [6, 6.07) is 17.1. The molecule has 0 amide bonds. The zero-order chi connectivity index (χ0) is 15.7. The third-order valence-corrected chi connectivity index (χ3v) is 4.01. The van der Waals surface area contributed by atoms with E-state index >= 15 is 0 Å².